The summed E-state index contributed by atoms with van der Waals surface area (Å²) >= 11 is 6.09. The number of benzene rings is 1. The van der Waals surface area contributed by atoms with Crippen LogP contribution in [-0.4, -0.2) is 41.3 Å². The van der Waals surface area contributed by atoms with Crippen molar-refractivity contribution in [1.82, 2.24) is 5.32 Å². The lowest BCUT2D eigenvalue weighted by atomic mass is 10.1. The molecular weight excluding hydrogens is 346 g/mol. The maximum Gasteiger partial charge on any atom is 0.414 e. The van der Waals surface area contributed by atoms with Gasteiger partial charge in [-0.1, -0.05) is 31.4 Å². The highest BCUT2D eigenvalue weighted by Gasteiger charge is 2.13. The number of aliphatic carboxylic acids is 2. The number of nitrogens with one attached hydrogen (secondary N) is 1. The predicted molar refractivity (Wildman–Crippen MR) is 96.5 cm³/mol. The van der Waals surface area contributed by atoms with Gasteiger partial charge in [0.15, 0.2) is 0 Å². The number of aryl methyl sites for hydroxylation is 1. The summed E-state index contributed by atoms with van der Waals surface area (Å²) in [5, 5.41) is 19.2. The highest BCUT2D eigenvalue weighted by molar-refractivity contribution is 6.31. The number of hydrogen-bond acceptors (Lipinski definition) is 4. The highest BCUT2D eigenvalue weighted by atomic mass is 35.5. The molecule has 6 nitrogen and oxygen atoms in total. The second-order valence-corrected chi connectivity index (χ2v) is 6.26. The lowest BCUT2D eigenvalue weighted by molar-refractivity contribution is -0.159. The Balaban J connectivity index is 0.000000450. The van der Waals surface area contributed by atoms with E-state index in [-0.39, 0.29) is 0 Å². The van der Waals surface area contributed by atoms with Gasteiger partial charge < -0.3 is 20.3 Å². The first-order chi connectivity index (χ1) is 11.9. The zero-order valence-corrected chi connectivity index (χ0v) is 15.2. The molecule has 0 amide bonds. The van der Waals surface area contributed by atoms with Crippen molar-refractivity contribution in [2.24, 2.45) is 0 Å². The van der Waals surface area contributed by atoms with Crippen molar-refractivity contribution < 1.29 is 24.5 Å². The minimum Gasteiger partial charge on any atom is -0.494 e. The summed E-state index contributed by atoms with van der Waals surface area (Å²) in [6, 6.07) is 6.67. The fourth-order valence-corrected chi connectivity index (χ4v) is 2.86. The summed E-state index contributed by atoms with van der Waals surface area (Å²) in [5.74, 6) is -2.72. The third kappa shape index (κ3) is 8.74. The topological polar surface area (TPSA) is 95.9 Å². The summed E-state index contributed by atoms with van der Waals surface area (Å²) < 4.78 is 5.77. The van der Waals surface area contributed by atoms with Gasteiger partial charge in [0, 0.05) is 11.1 Å². The van der Waals surface area contributed by atoms with Gasteiger partial charge in [0.2, 0.25) is 0 Å². The summed E-state index contributed by atoms with van der Waals surface area (Å²) in [6.07, 6.45) is 7.47. The van der Waals surface area contributed by atoms with Crippen LogP contribution in [0.3, 0.4) is 0 Å². The number of rotatable bonds is 7. The highest BCUT2D eigenvalue weighted by Crippen LogP contribution is 2.22. The summed E-state index contributed by atoms with van der Waals surface area (Å²) in [5.41, 5.74) is 1.16. The molecule has 1 aromatic carbocycles. The van der Waals surface area contributed by atoms with Crippen LogP contribution in [0.15, 0.2) is 18.2 Å². The zero-order valence-electron chi connectivity index (χ0n) is 14.5. The van der Waals surface area contributed by atoms with Crippen LogP contribution in [0.4, 0.5) is 0 Å². The van der Waals surface area contributed by atoms with Crippen molar-refractivity contribution in [3.8, 4) is 5.75 Å². The van der Waals surface area contributed by atoms with Crippen molar-refractivity contribution in [3.05, 3.63) is 28.8 Å². The van der Waals surface area contributed by atoms with Crippen LogP contribution in [0.25, 0.3) is 0 Å². The molecule has 1 saturated carbocycles. The summed E-state index contributed by atoms with van der Waals surface area (Å²) in [4.78, 5) is 18.2. The average Bonchev–Trinajstić information content (AvgIpc) is 3.10. The van der Waals surface area contributed by atoms with Crippen LogP contribution in [0.1, 0.15) is 44.6 Å². The first-order valence-electron chi connectivity index (χ1n) is 8.54. The number of carboxylic acid groups (broad SMARTS) is 2. The number of ether oxygens (including phenoxy) is 1. The molecule has 140 valence electrons. The van der Waals surface area contributed by atoms with Gasteiger partial charge in [-0.05, 0) is 56.0 Å². The predicted octanol–water partition coefficient (Wildman–Crippen LogP) is 3.36. The van der Waals surface area contributed by atoms with Gasteiger partial charge in [-0.3, -0.25) is 0 Å². The molecule has 2 rings (SSSR count). The fourth-order valence-electron chi connectivity index (χ4n) is 2.61. The van der Waals surface area contributed by atoms with Crippen molar-refractivity contribution >= 4 is 23.5 Å². The quantitative estimate of drug-likeness (QED) is 0.502. The molecule has 1 aliphatic rings. The molecule has 0 spiro atoms. The van der Waals surface area contributed by atoms with E-state index >= 15 is 0 Å². The Morgan fingerprint density at radius 1 is 1.24 bits per heavy atom. The fraction of sp³-hybridized carbons (Fsp3) is 0.556. The van der Waals surface area contributed by atoms with Gasteiger partial charge in [0.25, 0.3) is 0 Å². The number of carbonyl (C=O) groups is 2. The van der Waals surface area contributed by atoms with E-state index in [0.717, 1.165) is 48.4 Å². The molecule has 7 heteroatoms. The normalized spacial score (nSPS) is 13.8. The zero-order chi connectivity index (χ0) is 18.7. The average molecular weight is 372 g/mol. The van der Waals surface area contributed by atoms with E-state index in [2.05, 4.69) is 12.2 Å². The van der Waals surface area contributed by atoms with Crippen LogP contribution in [-0.2, 0) is 16.0 Å². The molecule has 0 radical (unpaired) electrons. The molecule has 1 aromatic rings. The molecule has 0 unspecified atom stereocenters. The molecule has 1 fully saturated rings. The van der Waals surface area contributed by atoms with Gasteiger partial charge in [-0.15, -0.1) is 0 Å². The number of hydrogen-bond donors (Lipinski definition) is 3. The van der Waals surface area contributed by atoms with Gasteiger partial charge in [-0.25, -0.2) is 9.59 Å². The van der Waals surface area contributed by atoms with Crippen molar-refractivity contribution in [3.63, 3.8) is 0 Å². The Morgan fingerprint density at radius 2 is 1.88 bits per heavy atom. The smallest absolute Gasteiger partial charge is 0.414 e. The van der Waals surface area contributed by atoms with Crippen LogP contribution in [0, 0.1) is 0 Å². The molecule has 0 saturated heterocycles. The second kappa shape index (κ2) is 11.7. The largest absolute Gasteiger partial charge is 0.494 e. The van der Waals surface area contributed by atoms with Gasteiger partial charge in [0.1, 0.15) is 5.75 Å². The molecule has 0 aliphatic heterocycles. The Kier molecular flexibility index (Phi) is 9.96. The molecule has 25 heavy (non-hydrogen) atoms. The van der Waals surface area contributed by atoms with Crippen molar-refractivity contribution in [2.45, 2.75) is 51.5 Å². The van der Waals surface area contributed by atoms with E-state index in [9.17, 15) is 0 Å². The maximum atomic E-state index is 9.10. The molecule has 0 aromatic heterocycles. The maximum absolute atomic E-state index is 9.10. The summed E-state index contributed by atoms with van der Waals surface area (Å²) in [7, 11) is 0. The van der Waals surface area contributed by atoms with E-state index in [1.165, 1.54) is 25.7 Å². The molecule has 0 atom stereocenters. The van der Waals surface area contributed by atoms with Gasteiger partial charge in [0.05, 0.1) is 6.61 Å². The van der Waals surface area contributed by atoms with Crippen LogP contribution in [0.2, 0.25) is 5.02 Å². The molecule has 0 bridgehead atoms. The third-order valence-electron chi connectivity index (χ3n) is 3.96. The minimum atomic E-state index is -1.82. The monoisotopic (exact) mass is 371 g/mol. The Hall–Kier alpha value is -1.79. The first-order valence-corrected chi connectivity index (χ1v) is 8.92. The summed E-state index contributed by atoms with van der Waals surface area (Å²) in [6.45, 7) is 3.93. The van der Waals surface area contributed by atoms with Crippen molar-refractivity contribution in [1.29, 1.82) is 0 Å². The lowest BCUT2D eigenvalue weighted by Crippen LogP contribution is -2.27. The van der Waals surface area contributed by atoms with Crippen LogP contribution >= 0.6 is 11.6 Å². The van der Waals surface area contributed by atoms with Gasteiger partial charge >= 0.3 is 11.9 Å². The van der Waals surface area contributed by atoms with Gasteiger partial charge in [-0.2, -0.15) is 0 Å². The Bertz CT molecular complexity index is 546. The molecule has 1 aliphatic carbocycles. The first kappa shape index (κ1) is 21.3. The molecular formula is C18H26ClNO5. The van der Waals surface area contributed by atoms with Crippen molar-refractivity contribution in [2.75, 3.05) is 13.2 Å². The Morgan fingerprint density at radius 3 is 2.44 bits per heavy atom. The number of carboxylic acids is 2. The second-order valence-electron chi connectivity index (χ2n) is 5.85. The molecule has 3 N–H and O–H groups in total. The van der Waals surface area contributed by atoms with Crippen LogP contribution in [0.5, 0.6) is 5.75 Å². The molecule has 0 heterocycles. The van der Waals surface area contributed by atoms with Crippen LogP contribution < -0.4 is 10.1 Å². The Labute approximate surface area is 153 Å². The number of halogens is 1. The minimum absolute atomic E-state index is 0.752. The lowest BCUT2D eigenvalue weighted by Gasteiger charge is -2.12. The van der Waals surface area contributed by atoms with E-state index in [1.54, 1.807) is 0 Å². The third-order valence-corrected chi connectivity index (χ3v) is 4.33. The van der Waals surface area contributed by atoms with E-state index in [1.807, 2.05) is 18.2 Å². The van der Waals surface area contributed by atoms with E-state index in [0.29, 0.717) is 0 Å². The SMILES string of the molecule is CCc1cc(OCCCNC2CCCC2)ccc1Cl.O=C(O)C(=O)O. The van der Waals surface area contributed by atoms with E-state index < -0.39 is 11.9 Å². The van der Waals surface area contributed by atoms with E-state index in [4.69, 9.17) is 36.1 Å². The standard InChI is InChI=1S/C16H24ClNO.C2H2O4/c1-2-13-12-15(8-9-16(13)17)19-11-5-10-18-14-6-3-4-7-14;3-1(4)2(5)6/h8-9,12,14,18H,2-7,10-11H2,1H3;(H,3,4)(H,5,6).